The molecule has 1 aliphatic heterocycles. The summed E-state index contributed by atoms with van der Waals surface area (Å²) in [5.74, 6) is 0.207. The van der Waals surface area contributed by atoms with Crippen molar-refractivity contribution in [3.63, 3.8) is 0 Å². The fourth-order valence-electron chi connectivity index (χ4n) is 4.17. The zero-order chi connectivity index (χ0) is 23.1. The van der Waals surface area contributed by atoms with E-state index in [0.717, 1.165) is 31.5 Å². The summed E-state index contributed by atoms with van der Waals surface area (Å²) in [6.45, 7) is 5.23. The lowest BCUT2D eigenvalue weighted by molar-refractivity contribution is -0.122. The van der Waals surface area contributed by atoms with Crippen LogP contribution in [-0.4, -0.2) is 51.7 Å². The van der Waals surface area contributed by atoms with Crippen molar-refractivity contribution in [1.29, 1.82) is 0 Å². The first-order chi connectivity index (χ1) is 15.3. The molecule has 0 aliphatic carbocycles. The second-order valence-electron chi connectivity index (χ2n) is 8.15. The van der Waals surface area contributed by atoms with E-state index in [1.165, 1.54) is 29.8 Å². The van der Waals surface area contributed by atoms with Crippen LogP contribution in [0.15, 0.2) is 48.5 Å². The van der Waals surface area contributed by atoms with Crippen LogP contribution in [0.3, 0.4) is 0 Å². The van der Waals surface area contributed by atoms with Gasteiger partial charge >= 0.3 is 0 Å². The van der Waals surface area contributed by atoms with Crippen LogP contribution in [-0.2, 0) is 27.9 Å². The van der Waals surface area contributed by atoms with Crippen LogP contribution in [0.2, 0.25) is 0 Å². The molecule has 7 nitrogen and oxygen atoms in total. The predicted molar refractivity (Wildman–Crippen MR) is 127 cm³/mol. The van der Waals surface area contributed by atoms with Gasteiger partial charge in [0.1, 0.15) is 11.8 Å². The van der Waals surface area contributed by atoms with E-state index in [1.54, 1.807) is 24.3 Å². The molecule has 0 unspecified atom stereocenters. The van der Waals surface area contributed by atoms with Gasteiger partial charge in [0.05, 0.1) is 19.1 Å². The van der Waals surface area contributed by atoms with Gasteiger partial charge in [-0.05, 0) is 55.6 Å². The average Bonchev–Trinajstić information content (AvgIpc) is 3.28. The Morgan fingerprint density at radius 1 is 1.12 bits per heavy atom. The van der Waals surface area contributed by atoms with Crippen LogP contribution < -0.4 is 14.4 Å². The van der Waals surface area contributed by atoms with Gasteiger partial charge in [-0.2, -0.15) is 0 Å². The number of rotatable bonds is 10. The zero-order valence-corrected chi connectivity index (χ0v) is 19.9. The van der Waals surface area contributed by atoms with Crippen LogP contribution in [0.5, 0.6) is 5.75 Å². The SMILES string of the molecule is CC[C@H](C(=O)NCc1ccccc1CN1CCCC1)N(c1cccc(OC)c1)S(C)(=O)=O. The molecule has 0 aromatic heterocycles. The van der Waals surface area contributed by atoms with Crippen molar-refractivity contribution in [3.05, 3.63) is 59.7 Å². The van der Waals surface area contributed by atoms with Gasteiger partial charge in [0, 0.05) is 19.2 Å². The summed E-state index contributed by atoms with van der Waals surface area (Å²) in [4.78, 5) is 15.6. The topological polar surface area (TPSA) is 79.0 Å². The molecule has 3 rings (SSSR count). The molecule has 32 heavy (non-hydrogen) atoms. The van der Waals surface area contributed by atoms with Gasteiger partial charge in [0.2, 0.25) is 15.9 Å². The summed E-state index contributed by atoms with van der Waals surface area (Å²) in [7, 11) is -2.17. The molecule has 1 amide bonds. The highest BCUT2D eigenvalue weighted by Gasteiger charge is 2.31. The van der Waals surface area contributed by atoms with E-state index >= 15 is 0 Å². The number of amides is 1. The lowest BCUT2D eigenvalue weighted by atomic mass is 10.1. The molecule has 1 N–H and O–H groups in total. The molecule has 0 spiro atoms. The number of nitrogens with one attached hydrogen (secondary N) is 1. The number of ether oxygens (including phenoxy) is 1. The number of nitrogens with zero attached hydrogens (tertiary/aromatic N) is 2. The number of benzene rings is 2. The van der Waals surface area contributed by atoms with Gasteiger partial charge < -0.3 is 10.1 Å². The van der Waals surface area contributed by atoms with E-state index < -0.39 is 16.1 Å². The van der Waals surface area contributed by atoms with Gasteiger partial charge in [0.25, 0.3) is 0 Å². The highest BCUT2D eigenvalue weighted by Crippen LogP contribution is 2.26. The number of hydrogen-bond acceptors (Lipinski definition) is 5. The lowest BCUT2D eigenvalue weighted by Gasteiger charge is -2.30. The van der Waals surface area contributed by atoms with Crippen LogP contribution in [0.1, 0.15) is 37.3 Å². The van der Waals surface area contributed by atoms with Crippen LogP contribution in [0.25, 0.3) is 0 Å². The third kappa shape index (κ3) is 6.01. The Morgan fingerprint density at radius 3 is 2.44 bits per heavy atom. The van der Waals surface area contributed by atoms with Gasteiger partial charge in [-0.25, -0.2) is 8.42 Å². The molecule has 1 heterocycles. The number of likely N-dealkylation sites (tertiary alicyclic amines) is 1. The van der Waals surface area contributed by atoms with E-state index in [4.69, 9.17) is 4.74 Å². The Kier molecular flexibility index (Phi) is 8.15. The fourth-order valence-corrected chi connectivity index (χ4v) is 5.38. The van der Waals surface area contributed by atoms with Crippen LogP contribution >= 0.6 is 0 Å². The molecule has 1 atom stereocenters. The summed E-state index contributed by atoms with van der Waals surface area (Å²) < 4.78 is 31.7. The van der Waals surface area contributed by atoms with Crippen LogP contribution in [0, 0.1) is 0 Å². The minimum atomic E-state index is -3.70. The number of carbonyl (C=O) groups excluding carboxylic acids is 1. The maximum Gasteiger partial charge on any atom is 0.244 e. The number of hydrogen-bond donors (Lipinski definition) is 1. The molecule has 1 fully saturated rings. The largest absolute Gasteiger partial charge is 0.497 e. The van der Waals surface area contributed by atoms with E-state index in [9.17, 15) is 13.2 Å². The van der Waals surface area contributed by atoms with Crippen molar-refractivity contribution in [2.45, 2.75) is 45.3 Å². The van der Waals surface area contributed by atoms with Gasteiger partial charge in [-0.15, -0.1) is 0 Å². The van der Waals surface area contributed by atoms with Gasteiger partial charge in [0.15, 0.2) is 0 Å². The lowest BCUT2D eigenvalue weighted by Crippen LogP contribution is -2.49. The molecular weight excluding hydrogens is 426 g/mol. The maximum absolute atomic E-state index is 13.2. The highest BCUT2D eigenvalue weighted by atomic mass is 32.2. The molecule has 1 aliphatic rings. The average molecular weight is 460 g/mol. The first-order valence-electron chi connectivity index (χ1n) is 11.0. The van der Waals surface area contributed by atoms with Crippen LogP contribution in [0.4, 0.5) is 5.69 Å². The smallest absolute Gasteiger partial charge is 0.244 e. The Balaban J connectivity index is 1.77. The fraction of sp³-hybridized carbons (Fsp3) is 0.458. The Bertz CT molecular complexity index is 1020. The third-order valence-corrected chi connectivity index (χ3v) is 6.98. The van der Waals surface area contributed by atoms with E-state index in [1.807, 2.05) is 25.1 Å². The van der Waals surface area contributed by atoms with Crippen molar-refractivity contribution in [3.8, 4) is 5.75 Å². The molecular formula is C24H33N3O4S. The first kappa shape index (κ1) is 24.1. The summed E-state index contributed by atoms with van der Waals surface area (Å²) in [5, 5.41) is 2.97. The minimum Gasteiger partial charge on any atom is -0.497 e. The number of methoxy groups -OCH3 is 1. The summed E-state index contributed by atoms with van der Waals surface area (Å²) in [6, 6.07) is 14.0. The first-order valence-corrected chi connectivity index (χ1v) is 12.9. The van der Waals surface area contributed by atoms with Crippen molar-refractivity contribution in [2.75, 3.05) is 30.8 Å². The normalized spacial score (nSPS) is 15.3. The Hall–Kier alpha value is -2.58. The predicted octanol–water partition coefficient (Wildman–Crippen LogP) is 3.15. The molecule has 0 bridgehead atoms. The molecule has 1 saturated heterocycles. The summed E-state index contributed by atoms with van der Waals surface area (Å²) in [6.07, 6.45) is 3.91. The van der Waals surface area contributed by atoms with Crippen molar-refractivity contribution in [1.82, 2.24) is 10.2 Å². The second kappa shape index (κ2) is 10.8. The van der Waals surface area contributed by atoms with Gasteiger partial charge in [-0.3, -0.25) is 14.0 Å². The van der Waals surface area contributed by atoms with E-state index in [2.05, 4.69) is 16.3 Å². The van der Waals surface area contributed by atoms with Gasteiger partial charge in [-0.1, -0.05) is 37.3 Å². The van der Waals surface area contributed by atoms with E-state index in [-0.39, 0.29) is 5.91 Å². The second-order valence-corrected chi connectivity index (χ2v) is 10.0. The maximum atomic E-state index is 13.2. The minimum absolute atomic E-state index is 0.322. The number of sulfonamides is 1. The Labute approximate surface area is 191 Å². The molecule has 174 valence electrons. The molecule has 8 heteroatoms. The van der Waals surface area contributed by atoms with Crippen molar-refractivity contribution in [2.24, 2.45) is 0 Å². The molecule has 2 aromatic carbocycles. The standard InChI is InChI=1S/C24H33N3O4S/c1-4-23(27(32(3,29)30)21-12-9-13-22(16-21)31-2)24(28)25-17-19-10-5-6-11-20(19)18-26-14-7-8-15-26/h5-6,9-13,16,23H,4,7-8,14-15,17-18H2,1-3H3,(H,25,28)/t23-/m1/s1. The quantitative estimate of drug-likeness (QED) is 0.591. The van der Waals surface area contributed by atoms with Crippen molar-refractivity contribution < 1.29 is 17.9 Å². The zero-order valence-electron chi connectivity index (χ0n) is 19.1. The summed E-state index contributed by atoms with van der Waals surface area (Å²) >= 11 is 0. The summed E-state index contributed by atoms with van der Waals surface area (Å²) in [5.41, 5.74) is 2.65. The highest BCUT2D eigenvalue weighted by molar-refractivity contribution is 7.92. The third-order valence-electron chi connectivity index (χ3n) is 5.80. The Morgan fingerprint density at radius 2 is 1.81 bits per heavy atom. The monoisotopic (exact) mass is 459 g/mol. The molecule has 0 saturated carbocycles. The van der Waals surface area contributed by atoms with Crippen molar-refractivity contribution >= 4 is 21.6 Å². The molecule has 2 aromatic rings. The number of carbonyl (C=O) groups is 1. The number of anilines is 1. The molecule has 0 radical (unpaired) electrons. The van der Waals surface area contributed by atoms with E-state index in [0.29, 0.717) is 24.4 Å².